The standard InChI is InChI=1S/C10H14N2OS/c1-6-4-3-5-8-9(6)14-10(12-8)11-7(2)13/h6H,3-5H2,1-2H3,(H,11,12,13)/t6-/m1/s1. The average Bonchev–Trinajstić information content (AvgIpc) is 2.47. The van der Waals surface area contributed by atoms with Crippen molar-refractivity contribution in [1.82, 2.24) is 4.98 Å². The van der Waals surface area contributed by atoms with Crippen molar-refractivity contribution in [1.29, 1.82) is 0 Å². The van der Waals surface area contributed by atoms with E-state index in [-0.39, 0.29) is 5.91 Å². The van der Waals surface area contributed by atoms with E-state index in [0.29, 0.717) is 5.92 Å². The molecule has 1 aliphatic carbocycles. The monoisotopic (exact) mass is 210 g/mol. The van der Waals surface area contributed by atoms with Crippen LogP contribution in [-0.4, -0.2) is 10.9 Å². The van der Waals surface area contributed by atoms with Crippen LogP contribution in [0.15, 0.2) is 0 Å². The van der Waals surface area contributed by atoms with Crippen LogP contribution in [-0.2, 0) is 11.2 Å². The van der Waals surface area contributed by atoms with Crippen molar-refractivity contribution in [3.8, 4) is 0 Å². The summed E-state index contributed by atoms with van der Waals surface area (Å²) in [5.41, 5.74) is 1.19. The van der Waals surface area contributed by atoms with E-state index in [2.05, 4.69) is 17.2 Å². The minimum Gasteiger partial charge on any atom is -0.302 e. The molecule has 1 heterocycles. The summed E-state index contributed by atoms with van der Waals surface area (Å²) in [6.45, 7) is 3.75. The van der Waals surface area contributed by atoms with Crippen molar-refractivity contribution in [2.24, 2.45) is 0 Å². The zero-order valence-corrected chi connectivity index (χ0v) is 9.28. The van der Waals surface area contributed by atoms with Crippen LogP contribution < -0.4 is 5.32 Å². The van der Waals surface area contributed by atoms with Crippen molar-refractivity contribution in [2.45, 2.75) is 39.0 Å². The highest BCUT2D eigenvalue weighted by Gasteiger charge is 2.21. The molecule has 1 N–H and O–H groups in total. The average molecular weight is 210 g/mol. The topological polar surface area (TPSA) is 42.0 Å². The van der Waals surface area contributed by atoms with Gasteiger partial charge in [0.2, 0.25) is 5.91 Å². The molecule has 0 aromatic carbocycles. The van der Waals surface area contributed by atoms with E-state index in [1.807, 2.05) is 0 Å². The van der Waals surface area contributed by atoms with E-state index in [9.17, 15) is 4.79 Å². The molecule has 0 saturated carbocycles. The van der Waals surface area contributed by atoms with Crippen LogP contribution in [0, 0.1) is 0 Å². The van der Waals surface area contributed by atoms with Gasteiger partial charge >= 0.3 is 0 Å². The molecule has 3 nitrogen and oxygen atoms in total. The van der Waals surface area contributed by atoms with Gasteiger partial charge in [-0.05, 0) is 25.2 Å². The first-order valence-corrected chi connectivity index (χ1v) is 5.75. The molecule has 4 heteroatoms. The second kappa shape index (κ2) is 3.69. The third kappa shape index (κ3) is 1.80. The Labute approximate surface area is 87.6 Å². The predicted octanol–water partition coefficient (Wildman–Crippen LogP) is 2.54. The van der Waals surface area contributed by atoms with Gasteiger partial charge in [0.25, 0.3) is 0 Å². The number of fused-ring (bicyclic) bond motifs is 1. The number of anilines is 1. The second-order valence-corrected chi connectivity index (χ2v) is 4.84. The van der Waals surface area contributed by atoms with Crippen LogP contribution in [0.1, 0.15) is 43.2 Å². The van der Waals surface area contributed by atoms with Crippen molar-refractivity contribution < 1.29 is 4.79 Å². The molecule has 0 spiro atoms. The summed E-state index contributed by atoms with van der Waals surface area (Å²) < 4.78 is 0. The van der Waals surface area contributed by atoms with Gasteiger partial charge in [-0.2, -0.15) is 0 Å². The van der Waals surface area contributed by atoms with E-state index in [0.717, 1.165) is 11.6 Å². The molecule has 1 amide bonds. The number of carbonyl (C=O) groups excluding carboxylic acids is 1. The SMILES string of the molecule is CC(=O)Nc1nc2c(s1)[C@H](C)CCC2. The summed E-state index contributed by atoms with van der Waals surface area (Å²) in [5, 5.41) is 3.51. The van der Waals surface area contributed by atoms with Gasteiger partial charge in [0.05, 0.1) is 5.69 Å². The van der Waals surface area contributed by atoms with Crippen LogP contribution in [0.3, 0.4) is 0 Å². The number of amides is 1. The third-order valence-electron chi connectivity index (χ3n) is 2.51. The first kappa shape index (κ1) is 9.65. The maximum atomic E-state index is 10.9. The molecule has 0 bridgehead atoms. The molecule has 14 heavy (non-hydrogen) atoms. The molecule has 0 unspecified atom stereocenters. The molecule has 1 atom stereocenters. The van der Waals surface area contributed by atoms with E-state index < -0.39 is 0 Å². The molecular weight excluding hydrogens is 196 g/mol. The van der Waals surface area contributed by atoms with Crippen LogP contribution >= 0.6 is 11.3 Å². The Balaban J connectivity index is 2.26. The Morgan fingerprint density at radius 1 is 1.64 bits per heavy atom. The summed E-state index contributed by atoms with van der Waals surface area (Å²) in [7, 11) is 0. The highest BCUT2D eigenvalue weighted by Crippen LogP contribution is 2.37. The van der Waals surface area contributed by atoms with E-state index >= 15 is 0 Å². The summed E-state index contributed by atoms with van der Waals surface area (Å²) in [5.74, 6) is 0.572. The number of carbonyl (C=O) groups is 1. The Hall–Kier alpha value is -0.900. The molecule has 0 saturated heterocycles. The number of nitrogens with zero attached hydrogens (tertiary/aromatic N) is 1. The fourth-order valence-electron chi connectivity index (χ4n) is 1.84. The number of aromatic nitrogens is 1. The van der Waals surface area contributed by atoms with Gasteiger partial charge in [-0.25, -0.2) is 4.98 Å². The summed E-state index contributed by atoms with van der Waals surface area (Å²) in [6, 6.07) is 0. The largest absolute Gasteiger partial charge is 0.302 e. The number of hydrogen-bond acceptors (Lipinski definition) is 3. The lowest BCUT2D eigenvalue weighted by molar-refractivity contribution is -0.114. The van der Waals surface area contributed by atoms with E-state index in [1.54, 1.807) is 11.3 Å². The Bertz CT molecular complexity index is 359. The van der Waals surface area contributed by atoms with E-state index in [4.69, 9.17) is 0 Å². The normalized spacial score (nSPS) is 20.3. The van der Waals surface area contributed by atoms with Crippen LogP contribution in [0.4, 0.5) is 5.13 Å². The Kier molecular flexibility index (Phi) is 2.54. The smallest absolute Gasteiger partial charge is 0.223 e. The number of rotatable bonds is 1. The first-order chi connectivity index (χ1) is 6.66. The molecule has 76 valence electrons. The number of hydrogen-bond donors (Lipinski definition) is 1. The molecule has 1 aliphatic rings. The molecule has 0 radical (unpaired) electrons. The lowest BCUT2D eigenvalue weighted by atomic mass is 9.94. The van der Waals surface area contributed by atoms with Gasteiger partial charge < -0.3 is 5.32 Å². The lowest BCUT2D eigenvalue weighted by Gasteiger charge is -2.15. The fraction of sp³-hybridized carbons (Fsp3) is 0.600. The van der Waals surface area contributed by atoms with Crippen molar-refractivity contribution in [3.63, 3.8) is 0 Å². The van der Waals surface area contributed by atoms with Crippen LogP contribution in [0.2, 0.25) is 0 Å². The molecule has 1 aromatic rings. The van der Waals surface area contributed by atoms with Gasteiger partial charge in [-0.3, -0.25) is 4.79 Å². The van der Waals surface area contributed by atoms with Crippen LogP contribution in [0.25, 0.3) is 0 Å². The maximum absolute atomic E-state index is 10.9. The minimum atomic E-state index is -0.0382. The molecule has 1 aromatic heterocycles. The zero-order valence-electron chi connectivity index (χ0n) is 8.46. The quantitative estimate of drug-likeness (QED) is 0.774. The molecule has 0 aliphatic heterocycles. The summed E-state index contributed by atoms with van der Waals surface area (Å²) >= 11 is 1.63. The van der Waals surface area contributed by atoms with Gasteiger partial charge in [0.15, 0.2) is 5.13 Å². The van der Waals surface area contributed by atoms with Crippen molar-refractivity contribution in [2.75, 3.05) is 5.32 Å². The van der Waals surface area contributed by atoms with Crippen molar-refractivity contribution >= 4 is 22.4 Å². The number of aryl methyl sites for hydroxylation is 1. The third-order valence-corrected chi connectivity index (χ3v) is 3.75. The van der Waals surface area contributed by atoms with Crippen LogP contribution in [0.5, 0.6) is 0 Å². The van der Waals surface area contributed by atoms with E-state index in [1.165, 1.54) is 30.3 Å². The number of thiazole rings is 1. The lowest BCUT2D eigenvalue weighted by Crippen LogP contribution is -2.06. The van der Waals surface area contributed by atoms with Gasteiger partial charge in [-0.1, -0.05) is 6.92 Å². The minimum absolute atomic E-state index is 0.0382. The van der Waals surface area contributed by atoms with Gasteiger partial charge in [0, 0.05) is 11.8 Å². The van der Waals surface area contributed by atoms with Gasteiger partial charge in [0.1, 0.15) is 0 Å². The highest BCUT2D eigenvalue weighted by molar-refractivity contribution is 7.16. The molecule has 0 fully saturated rings. The Morgan fingerprint density at radius 3 is 3.07 bits per heavy atom. The zero-order chi connectivity index (χ0) is 10.1. The van der Waals surface area contributed by atoms with Crippen molar-refractivity contribution in [3.05, 3.63) is 10.6 Å². The maximum Gasteiger partial charge on any atom is 0.223 e. The summed E-state index contributed by atoms with van der Waals surface area (Å²) in [6.07, 6.45) is 3.53. The molecule has 2 rings (SSSR count). The highest BCUT2D eigenvalue weighted by atomic mass is 32.1. The Morgan fingerprint density at radius 2 is 2.43 bits per heavy atom. The molecular formula is C10H14N2OS. The second-order valence-electron chi connectivity index (χ2n) is 3.80. The summed E-state index contributed by atoms with van der Waals surface area (Å²) in [4.78, 5) is 16.7. The predicted molar refractivity (Wildman–Crippen MR) is 57.8 cm³/mol. The fourth-order valence-corrected chi connectivity index (χ4v) is 2.98. The number of nitrogens with one attached hydrogen (secondary N) is 1. The first-order valence-electron chi connectivity index (χ1n) is 4.94. The van der Waals surface area contributed by atoms with Gasteiger partial charge in [-0.15, -0.1) is 11.3 Å².